The molecule has 0 bridgehead atoms. The molecule has 1 aliphatic heterocycles. The van der Waals surface area contributed by atoms with Crippen LogP contribution in [0.1, 0.15) is 19.8 Å². The van der Waals surface area contributed by atoms with E-state index >= 15 is 0 Å². The molecule has 0 aromatic rings. The molecule has 0 amide bonds. The van der Waals surface area contributed by atoms with Gasteiger partial charge in [0.25, 0.3) is 0 Å². The van der Waals surface area contributed by atoms with Gasteiger partial charge in [0.2, 0.25) is 0 Å². The Hall–Kier alpha value is 0.285. The standard InChI is InChI=1S/C9H16BF3NO2.Na/c1-2-16-9(15)8-3-5-14(6-4-8)7-10(11,12)13;/h8H,2-7H2,1H3;/q-1;+1. The zero-order chi connectivity index (χ0) is 12.2. The molecule has 1 saturated heterocycles. The van der Waals surface area contributed by atoms with E-state index in [2.05, 4.69) is 0 Å². The number of carbonyl (C=O) groups is 1. The van der Waals surface area contributed by atoms with Gasteiger partial charge in [-0.1, -0.05) is 0 Å². The molecule has 0 aromatic carbocycles. The van der Waals surface area contributed by atoms with E-state index in [9.17, 15) is 17.7 Å². The molecular formula is C9H16BF3NNaO2. The normalized spacial score (nSPS) is 18.6. The van der Waals surface area contributed by atoms with Crippen molar-refractivity contribution in [1.82, 2.24) is 4.90 Å². The molecule has 0 aromatic heterocycles. The minimum atomic E-state index is -4.76. The third-order valence-electron chi connectivity index (χ3n) is 2.67. The molecule has 0 spiro atoms. The van der Waals surface area contributed by atoms with Gasteiger partial charge in [-0.2, -0.15) is 0 Å². The maximum Gasteiger partial charge on any atom is 1.00 e. The monoisotopic (exact) mass is 261 g/mol. The fourth-order valence-electron chi connectivity index (χ4n) is 1.90. The van der Waals surface area contributed by atoms with Gasteiger partial charge in [0.1, 0.15) is 0 Å². The van der Waals surface area contributed by atoms with Crippen molar-refractivity contribution in [2.45, 2.75) is 19.8 Å². The summed E-state index contributed by atoms with van der Waals surface area (Å²) in [5.41, 5.74) is 0. The first-order valence-electron chi connectivity index (χ1n) is 5.52. The fraction of sp³-hybridized carbons (Fsp3) is 0.889. The van der Waals surface area contributed by atoms with Crippen LogP contribution in [0.3, 0.4) is 0 Å². The van der Waals surface area contributed by atoms with Crippen LogP contribution in [0, 0.1) is 5.92 Å². The van der Waals surface area contributed by atoms with E-state index in [1.165, 1.54) is 4.90 Å². The summed E-state index contributed by atoms with van der Waals surface area (Å²) in [5.74, 6) is -0.503. The predicted molar refractivity (Wildman–Crippen MR) is 54.9 cm³/mol. The number of ether oxygens (including phenoxy) is 1. The molecule has 17 heavy (non-hydrogen) atoms. The molecule has 0 saturated carbocycles. The van der Waals surface area contributed by atoms with Crippen molar-refractivity contribution in [2.24, 2.45) is 5.92 Å². The average Bonchev–Trinajstić information content (AvgIpc) is 2.16. The first-order valence-corrected chi connectivity index (χ1v) is 5.52. The van der Waals surface area contributed by atoms with Crippen LogP contribution in [-0.4, -0.2) is 44.0 Å². The van der Waals surface area contributed by atoms with E-state index in [1.807, 2.05) is 0 Å². The van der Waals surface area contributed by atoms with Crippen molar-refractivity contribution in [3.05, 3.63) is 0 Å². The average molecular weight is 261 g/mol. The maximum atomic E-state index is 12.1. The van der Waals surface area contributed by atoms with Gasteiger partial charge in [-0.3, -0.25) is 4.79 Å². The van der Waals surface area contributed by atoms with Crippen LogP contribution in [-0.2, 0) is 9.53 Å². The molecule has 0 radical (unpaired) electrons. The number of esters is 1. The Kier molecular flexibility index (Phi) is 7.79. The summed E-state index contributed by atoms with van der Waals surface area (Å²) in [6.45, 7) is -2.07. The minimum absolute atomic E-state index is 0. The van der Waals surface area contributed by atoms with Crippen LogP contribution < -0.4 is 29.6 Å². The second-order valence-electron chi connectivity index (χ2n) is 4.04. The maximum absolute atomic E-state index is 12.1. The Morgan fingerprint density at radius 1 is 1.35 bits per heavy atom. The third-order valence-corrected chi connectivity index (χ3v) is 2.67. The first-order chi connectivity index (χ1) is 7.42. The summed E-state index contributed by atoms with van der Waals surface area (Å²) in [6.07, 6.45) is 0.103. The molecule has 1 aliphatic rings. The van der Waals surface area contributed by atoms with Crippen LogP contribution in [0.2, 0.25) is 0 Å². The zero-order valence-electron chi connectivity index (χ0n) is 10.3. The molecule has 8 heteroatoms. The summed E-state index contributed by atoms with van der Waals surface area (Å²) in [5, 5.41) is 0. The summed E-state index contributed by atoms with van der Waals surface area (Å²) in [4.78, 5) is 12.7. The molecule has 1 fully saturated rings. The van der Waals surface area contributed by atoms with E-state index in [0.717, 1.165) is 0 Å². The smallest absolute Gasteiger partial charge is 0.466 e. The van der Waals surface area contributed by atoms with Crippen molar-refractivity contribution in [3.63, 3.8) is 0 Å². The van der Waals surface area contributed by atoms with E-state index in [4.69, 9.17) is 4.74 Å². The van der Waals surface area contributed by atoms with Gasteiger partial charge in [0.05, 0.1) is 12.5 Å². The number of halogens is 3. The van der Waals surface area contributed by atoms with Crippen molar-refractivity contribution in [1.29, 1.82) is 0 Å². The molecule has 1 rings (SSSR count). The first kappa shape index (κ1) is 17.3. The van der Waals surface area contributed by atoms with Crippen LogP contribution in [0.25, 0.3) is 0 Å². The quantitative estimate of drug-likeness (QED) is 0.463. The van der Waals surface area contributed by atoms with Crippen molar-refractivity contribution in [3.8, 4) is 0 Å². The number of rotatable bonds is 4. The van der Waals surface area contributed by atoms with Crippen molar-refractivity contribution in [2.75, 3.05) is 26.1 Å². The van der Waals surface area contributed by atoms with Gasteiger partial charge < -0.3 is 22.6 Å². The van der Waals surface area contributed by atoms with Gasteiger partial charge in [-0.05, 0) is 39.3 Å². The van der Waals surface area contributed by atoms with E-state index < -0.39 is 13.4 Å². The number of hydrogen-bond donors (Lipinski definition) is 0. The Morgan fingerprint density at radius 3 is 2.29 bits per heavy atom. The largest absolute Gasteiger partial charge is 1.00 e. The molecule has 0 N–H and O–H groups in total. The van der Waals surface area contributed by atoms with E-state index in [0.29, 0.717) is 32.5 Å². The second-order valence-corrected chi connectivity index (χ2v) is 4.04. The molecule has 0 atom stereocenters. The molecule has 94 valence electrons. The van der Waals surface area contributed by atoms with Gasteiger partial charge in [0.15, 0.2) is 0 Å². The predicted octanol–water partition coefficient (Wildman–Crippen LogP) is -1.35. The van der Waals surface area contributed by atoms with Crippen molar-refractivity contribution < 1.29 is 52.0 Å². The SMILES string of the molecule is CCOC(=O)C1CCN(C[B-](F)(F)F)CC1.[Na+]. The summed E-state index contributed by atoms with van der Waals surface area (Å²) in [6, 6.07) is 0. The van der Waals surface area contributed by atoms with E-state index in [-0.39, 0.29) is 41.4 Å². The number of piperidine rings is 1. The van der Waals surface area contributed by atoms with Crippen LogP contribution in [0.4, 0.5) is 12.9 Å². The molecule has 1 heterocycles. The number of nitrogens with zero attached hydrogens (tertiary/aromatic N) is 1. The fourth-order valence-corrected chi connectivity index (χ4v) is 1.90. The number of hydrogen-bond acceptors (Lipinski definition) is 3. The second kappa shape index (κ2) is 7.66. The molecule has 3 nitrogen and oxygen atoms in total. The van der Waals surface area contributed by atoms with Crippen molar-refractivity contribution >= 4 is 12.9 Å². The van der Waals surface area contributed by atoms with Gasteiger partial charge in [-0.25, -0.2) is 0 Å². The number of carbonyl (C=O) groups excluding carboxylic acids is 1. The molecule has 0 aliphatic carbocycles. The zero-order valence-corrected chi connectivity index (χ0v) is 12.3. The molecular weight excluding hydrogens is 245 g/mol. The van der Waals surface area contributed by atoms with Gasteiger partial charge in [-0.15, -0.1) is 0 Å². The Morgan fingerprint density at radius 2 is 1.88 bits per heavy atom. The Labute approximate surface area is 121 Å². The van der Waals surface area contributed by atoms with Crippen LogP contribution in [0.5, 0.6) is 0 Å². The Balaban J connectivity index is 0.00000256. The summed E-state index contributed by atoms with van der Waals surface area (Å²) >= 11 is 0. The van der Waals surface area contributed by atoms with Gasteiger partial charge in [0, 0.05) is 0 Å². The minimum Gasteiger partial charge on any atom is -0.466 e. The van der Waals surface area contributed by atoms with Crippen LogP contribution in [0.15, 0.2) is 0 Å². The summed E-state index contributed by atoms with van der Waals surface area (Å²) < 4.78 is 41.3. The molecule has 0 unspecified atom stereocenters. The van der Waals surface area contributed by atoms with Crippen LogP contribution >= 0.6 is 0 Å². The third kappa shape index (κ3) is 6.69. The van der Waals surface area contributed by atoms with E-state index in [1.54, 1.807) is 6.92 Å². The Bertz CT molecular complexity index is 245. The number of likely N-dealkylation sites (tertiary alicyclic amines) is 1. The van der Waals surface area contributed by atoms with Gasteiger partial charge >= 0.3 is 42.5 Å². The summed E-state index contributed by atoms with van der Waals surface area (Å²) in [7, 11) is 0. The topological polar surface area (TPSA) is 29.5 Å².